The van der Waals surface area contributed by atoms with Crippen LogP contribution in [0, 0.1) is 11.3 Å². The molecule has 1 saturated carbocycles. The fraction of sp³-hybridized carbons (Fsp3) is 0.722. The summed E-state index contributed by atoms with van der Waals surface area (Å²) >= 11 is 0. The standard InChI is InChI=1S/C18H30N4O/c1-4-19-17(20-9-12-22-10-5-6-11-22)21-15-14-8-7-13-23-16(14)18(15,2)3/h5-6,10-11,14-16H,4,7-9,12-13H2,1-3H3,(H2,19,20,21). The molecule has 5 heteroatoms. The Morgan fingerprint density at radius 1 is 1.35 bits per heavy atom. The Kier molecular flexibility index (Phi) is 4.95. The van der Waals surface area contributed by atoms with E-state index in [0.29, 0.717) is 18.1 Å². The van der Waals surface area contributed by atoms with E-state index in [2.05, 4.69) is 48.4 Å². The number of hydrogen-bond acceptors (Lipinski definition) is 2. The molecule has 3 rings (SSSR count). The van der Waals surface area contributed by atoms with Crippen molar-refractivity contribution < 1.29 is 4.74 Å². The summed E-state index contributed by atoms with van der Waals surface area (Å²) < 4.78 is 8.15. The van der Waals surface area contributed by atoms with E-state index in [1.807, 2.05) is 12.1 Å². The van der Waals surface area contributed by atoms with Crippen molar-refractivity contribution in [2.45, 2.75) is 52.3 Å². The predicted molar refractivity (Wildman–Crippen MR) is 93.6 cm³/mol. The highest BCUT2D eigenvalue weighted by Gasteiger charge is 2.58. The van der Waals surface area contributed by atoms with Crippen LogP contribution in [0.2, 0.25) is 0 Å². The number of nitrogens with one attached hydrogen (secondary N) is 2. The number of guanidine groups is 1. The zero-order valence-electron chi connectivity index (χ0n) is 14.6. The van der Waals surface area contributed by atoms with Gasteiger partial charge in [-0.25, -0.2) is 0 Å². The van der Waals surface area contributed by atoms with E-state index in [1.165, 1.54) is 12.8 Å². The van der Waals surface area contributed by atoms with Gasteiger partial charge >= 0.3 is 0 Å². The van der Waals surface area contributed by atoms with Crippen LogP contribution < -0.4 is 10.6 Å². The monoisotopic (exact) mass is 318 g/mol. The number of fused-ring (bicyclic) bond motifs is 1. The molecule has 2 fully saturated rings. The zero-order valence-corrected chi connectivity index (χ0v) is 14.6. The van der Waals surface area contributed by atoms with Gasteiger partial charge < -0.3 is 19.9 Å². The lowest BCUT2D eigenvalue weighted by atomic mass is 9.55. The highest BCUT2D eigenvalue weighted by Crippen LogP contribution is 2.51. The minimum atomic E-state index is 0.168. The van der Waals surface area contributed by atoms with Crippen LogP contribution in [0.4, 0.5) is 0 Å². The van der Waals surface area contributed by atoms with Crippen LogP contribution in [0.1, 0.15) is 33.6 Å². The molecule has 3 atom stereocenters. The van der Waals surface area contributed by atoms with Gasteiger partial charge in [-0.05, 0) is 31.9 Å². The highest BCUT2D eigenvalue weighted by molar-refractivity contribution is 5.80. The first-order chi connectivity index (χ1) is 11.1. The summed E-state index contributed by atoms with van der Waals surface area (Å²) in [6.45, 7) is 10.2. The van der Waals surface area contributed by atoms with Crippen molar-refractivity contribution in [3.8, 4) is 0 Å². The van der Waals surface area contributed by atoms with Gasteiger partial charge in [0.1, 0.15) is 0 Å². The molecule has 1 saturated heterocycles. The maximum Gasteiger partial charge on any atom is 0.191 e. The molecule has 0 bridgehead atoms. The topological polar surface area (TPSA) is 50.6 Å². The fourth-order valence-electron chi connectivity index (χ4n) is 4.08. The lowest BCUT2D eigenvalue weighted by Crippen LogP contribution is -2.71. The second kappa shape index (κ2) is 6.95. The second-order valence-electron chi connectivity index (χ2n) is 7.22. The van der Waals surface area contributed by atoms with E-state index in [0.717, 1.165) is 32.2 Å². The first kappa shape index (κ1) is 16.4. The zero-order chi connectivity index (χ0) is 16.3. The molecule has 2 heterocycles. The molecule has 0 amide bonds. The van der Waals surface area contributed by atoms with E-state index in [9.17, 15) is 0 Å². The number of nitrogens with zero attached hydrogens (tertiary/aromatic N) is 2. The molecule has 0 aromatic carbocycles. The minimum Gasteiger partial charge on any atom is -0.377 e. The van der Waals surface area contributed by atoms with Crippen molar-refractivity contribution in [3.05, 3.63) is 24.5 Å². The van der Waals surface area contributed by atoms with Gasteiger partial charge in [0.25, 0.3) is 0 Å². The van der Waals surface area contributed by atoms with Crippen molar-refractivity contribution in [1.82, 2.24) is 15.2 Å². The Hall–Kier alpha value is -1.49. The van der Waals surface area contributed by atoms with Gasteiger partial charge in [-0.2, -0.15) is 0 Å². The number of aromatic nitrogens is 1. The van der Waals surface area contributed by atoms with E-state index >= 15 is 0 Å². The quantitative estimate of drug-likeness (QED) is 0.647. The summed E-state index contributed by atoms with van der Waals surface area (Å²) in [5, 5.41) is 7.06. The fourth-order valence-corrected chi connectivity index (χ4v) is 4.08. The minimum absolute atomic E-state index is 0.168. The summed E-state index contributed by atoms with van der Waals surface area (Å²) in [6, 6.07) is 4.54. The normalized spacial score (nSPS) is 29.5. The lowest BCUT2D eigenvalue weighted by molar-refractivity contribution is -0.188. The lowest BCUT2D eigenvalue weighted by Gasteiger charge is -2.60. The Morgan fingerprint density at radius 2 is 2.13 bits per heavy atom. The van der Waals surface area contributed by atoms with Gasteiger partial charge in [-0.3, -0.25) is 4.99 Å². The summed E-state index contributed by atoms with van der Waals surface area (Å²) in [6.07, 6.45) is 6.99. The van der Waals surface area contributed by atoms with E-state index in [1.54, 1.807) is 0 Å². The van der Waals surface area contributed by atoms with Crippen LogP contribution in [-0.2, 0) is 11.3 Å². The van der Waals surface area contributed by atoms with Gasteiger partial charge in [-0.15, -0.1) is 0 Å². The van der Waals surface area contributed by atoms with Gasteiger partial charge in [-0.1, -0.05) is 13.8 Å². The van der Waals surface area contributed by atoms with Crippen molar-refractivity contribution in [2.24, 2.45) is 16.3 Å². The Morgan fingerprint density at radius 3 is 2.87 bits per heavy atom. The molecular weight excluding hydrogens is 288 g/mol. The number of aliphatic imine (C=N–C) groups is 1. The summed E-state index contributed by atoms with van der Waals surface area (Å²) in [5.41, 5.74) is 0.168. The third-order valence-corrected chi connectivity index (χ3v) is 5.26. The molecule has 0 spiro atoms. The second-order valence-corrected chi connectivity index (χ2v) is 7.22. The summed E-state index contributed by atoms with van der Waals surface area (Å²) in [7, 11) is 0. The molecule has 1 aliphatic heterocycles. The van der Waals surface area contributed by atoms with Crippen molar-refractivity contribution in [1.29, 1.82) is 0 Å². The van der Waals surface area contributed by atoms with Crippen LogP contribution in [0.5, 0.6) is 0 Å². The largest absolute Gasteiger partial charge is 0.377 e. The maximum atomic E-state index is 5.99. The summed E-state index contributed by atoms with van der Waals surface area (Å²) in [4.78, 5) is 4.75. The van der Waals surface area contributed by atoms with Crippen LogP contribution in [0.25, 0.3) is 0 Å². The van der Waals surface area contributed by atoms with Crippen molar-refractivity contribution >= 4 is 5.96 Å². The Labute approximate surface area is 139 Å². The molecule has 3 unspecified atom stereocenters. The summed E-state index contributed by atoms with van der Waals surface area (Å²) in [5.74, 6) is 1.55. The van der Waals surface area contributed by atoms with Crippen molar-refractivity contribution in [3.63, 3.8) is 0 Å². The SMILES string of the molecule is CCNC(=NCCn1cccc1)NC1C2CCCOC2C1(C)C. The van der Waals surface area contributed by atoms with E-state index in [4.69, 9.17) is 9.73 Å². The average molecular weight is 318 g/mol. The van der Waals surface area contributed by atoms with Crippen LogP contribution in [-0.4, -0.2) is 42.4 Å². The molecule has 2 N–H and O–H groups in total. The van der Waals surface area contributed by atoms with Crippen LogP contribution in [0.15, 0.2) is 29.5 Å². The van der Waals surface area contributed by atoms with Gasteiger partial charge in [0.2, 0.25) is 0 Å². The molecule has 0 radical (unpaired) electrons. The first-order valence-electron chi connectivity index (χ1n) is 8.90. The highest BCUT2D eigenvalue weighted by atomic mass is 16.5. The number of hydrogen-bond donors (Lipinski definition) is 2. The molecule has 1 aliphatic carbocycles. The smallest absolute Gasteiger partial charge is 0.191 e. The first-order valence-corrected chi connectivity index (χ1v) is 8.90. The van der Waals surface area contributed by atoms with E-state index < -0.39 is 0 Å². The average Bonchev–Trinajstić information content (AvgIpc) is 3.06. The molecule has 128 valence electrons. The van der Waals surface area contributed by atoms with Crippen LogP contribution >= 0.6 is 0 Å². The molecule has 2 aliphatic rings. The molecule has 5 nitrogen and oxygen atoms in total. The Bertz CT molecular complexity index is 523. The molecule has 1 aromatic rings. The van der Waals surface area contributed by atoms with Crippen LogP contribution in [0.3, 0.4) is 0 Å². The van der Waals surface area contributed by atoms with Crippen molar-refractivity contribution in [2.75, 3.05) is 19.7 Å². The third-order valence-electron chi connectivity index (χ3n) is 5.26. The molecule has 23 heavy (non-hydrogen) atoms. The molecular formula is C18H30N4O. The van der Waals surface area contributed by atoms with Gasteiger partial charge in [0.15, 0.2) is 5.96 Å². The van der Waals surface area contributed by atoms with Gasteiger partial charge in [0.05, 0.1) is 12.6 Å². The predicted octanol–water partition coefficient (Wildman–Crippen LogP) is 2.25. The third kappa shape index (κ3) is 3.39. The number of ether oxygens (including phenoxy) is 1. The Balaban J connectivity index is 1.60. The van der Waals surface area contributed by atoms with Gasteiger partial charge in [0, 0.05) is 49.5 Å². The molecule has 1 aromatic heterocycles. The number of rotatable bonds is 5. The van der Waals surface area contributed by atoms with E-state index in [-0.39, 0.29) is 5.41 Å². The maximum absolute atomic E-state index is 5.99.